The van der Waals surface area contributed by atoms with Crippen molar-refractivity contribution in [3.63, 3.8) is 0 Å². The van der Waals surface area contributed by atoms with Crippen LogP contribution in [-0.4, -0.2) is 26.9 Å². The van der Waals surface area contributed by atoms with E-state index in [0.717, 1.165) is 49.8 Å². The summed E-state index contributed by atoms with van der Waals surface area (Å²) in [5.74, 6) is 0.371. The van der Waals surface area contributed by atoms with E-state index in [2.05, 4.69) is 38.4 Å². The van der Waals surface area contributed by atoms with Gasteiger partial charge in [-0.25, -0.2) is 9.78 Å². The fraction of sp³-hybridized carbons (Fsp3) is 0.393. The molecule has 1 aliphatic heterocycles. The molecule has 6 nitrogen and oxygen atoms in total. The molecule has 1 aromatic heterocycles. The van der Waals surface area contributed by atoms with Crippen molar-refractivity contribution in [3.8, 4) is 11.3 Å². The molecule has 3 saturated carbocycles. The molecular weight excluding hydrogens is 424 g/mol. The molecule has 0 spiro atoms. The lowest BCUT2D eigenvalue weighted by Gasteiger charge is -2.53. The maximum atomic E-state index is 13.7. The molecule has 1 unspecified atom stereocenters. The number of nitrogens with one attached hydrogen (secondary N) is 2. The molecule has 4 aliphatic rings. The van der Waals surface area contributed by atoms with E-state index in [1.807, 2.05) is 48.9 Å². The van der Waals surface area contributed by atoms with Gasteiger partial charge in [0.25, 0.3) is 0 Å². The van der Waals surface area contributed by atoms with Crippen LogP contribution >= 0.6 is 0 Å². The number of hydrogen-bond acceptors (Lipinski definition) is 3. The molecule has 0 saturated heterocycles. The number of hydrogen-bond donors (Lipinski definition) is 2. The van der Waals surface area contributed by atoms with Crippen LogP contribution in [0.5, 0.6) is 0 Å². The predicted molar refractivity (Wildman–Crippen MR) is 130 cm³/mol. The van der Waals surface area contributed by atoms with Crippen LogP contribution < -0.4 is 10.6 Å². The SMILES string of the molecule is O=C(NCc1ccccc1)NC12CCC(C(=O)CC3c4ccccc4-c4cncn43)(CC1)CC2. The first-order valence-corrected chi connectivity index (χ1v) is 12.3. The average Bonchev–Trinajstić information content (AvgIpc) is 3.47. The number of nitrogens with zero attached hydrogens (tertiary/aromatic N) is 2. The van der Waals surface area contributed by atoms with Gasteiger partial charge in [-0.1, -0.05) is 54.6 Å². The van der Waals surface area contributed by atoms with E-state index in [-0.39, 0.29) is 23.0 Å². The standard InChI is InChI=1S/C28H30N4O2/c33-25(16-23-21-8-4-5-9-22(21)24-18-29-19-32(23)24)27-10-13-28(14-11-27,15-12-27)31-26(34)30-17-20-6-2-1-3-7-20/h1-9,18-19,23H,10-17H2,(H2,30,31,34). The Hall–Kier alpha value is -3.41. The number of carbonyl (C=O) groups excluding carboxylic acids is 2. The molecule has 34 heavy (non-hydrogen) atoms. The van der Waals surface area contributed by atoms with Gasteiger partial charge < -0.3 is 15.2 Å². The summed E-state index contributed by atoms with van der Waals surface area (Å²) in [4.78, 5) is 30.7. The zero-order valence-electron chi connectivity index (χ0n) is 19.3. The Labute approximate surface area is 199 Å². The molecule has 3 aromatic rings. The zero-order valence-corrected chi connectivity index (χ0v) is 19.3. The Morgan fingerprint density at radius 3 is 2.41 bits per heavy atom. The van der Waals surface area contributed by atoms with Crippen LogP contribution in [0, 0.1) is 5.41 Å². The first-order valence-electron chi connectivity index (χ1n) is 12.3. The van der Waals surface area contributed by atoms with Gasteiger partial charge in [0.2, 0.25) is 0 Å². The van der Waals surface area contributed by atoms with Crippen LogP contribution in [0.2, 0.25) is 0 Å². The summed E-state index contributed by atoms with van der Waals surface area (Å²) in [6, 6.07) is 18.2. The predicted octanol–water partition coefficient (Wildman–Crippen LogP) is 5.00. The summed E-state index contributed by atoms with van der Waals surface area (Å²) in [6.07, 6.45) is 9.45. The second-order valence-corrected chi connectivity index (χ2v) is 10.3. The number of benzene rings is 2. The molecule has 3 aliphatic carbocycles. The molecular formula is C28H30N4O2. The highest BCUT2D eigenvalue weighted by molar-refractivity contribution is 5.87. The lowest BCUT2D eigenvalue weighted by Crippen LogP contribution is -2.59. The average molecular weight is 455 g/mol. The number of carbonyl (C=O) groups is 2. The minimum atomic E-state index is -0.248. The Balaban J connectivity index is 1.10. The Morgan fingerprint density at radius 2 is 1.65 bits per heavy atom. The second-order valence-electron chi connectivity index (χ2n) is 10.3. The Bertz CT molecular complexity index is 1210. The monoisotopic (exact) mass is 454 g/mol. The summed E-state index contributed by atoms with van der Waals surface area (Å²) in [6.45, 7) is 0.518. The van der Waals surface area contributed by atoms with Crippen molar-refractivity contribution in [2.24, 2.45) is 5.41 Å². The van der Waals surface area contributed by atoms with Crippen molar-refractivity contribution in [1.82, 2.24) is 20.2 Å². The first-order chi connectivity index (χ1) is 16.6. The third-order valence-electron chi connectivity index (χ3n) is 8.49. The third-order valence-corrected chi connectivity index (χ3v) is 8.49. The fourth-order valence-corrected chi connectivity index (χ4v) is 6.39. The highest BCUT2D eigenvalue weighted by Gasteiger charge is 2.53. The zero-order chi connectivity index (χ0) is 23.2. The topological polar surface area (TPSA) is 76.0 Å². The number of imidazole rings is 1. The quantitative estimate of drug-likeness (QED) is 0.550. The van der Waals surface area contributed by atoms with Gasteiger partial charge in [0, 0.05) is 29.5 Å². The van der Waals surface area contributed by atoms with E-state index in [1.54, 1.807) is 0 Å². The van der Waals surface area contributed by atoms with E-state index in [4.69, 9.17) is 0 Å². The molecule has 2 bridgehead atoms. The number of ketones is 1. The maximum absolute atomic E-state index is 13.7. The highest BCUT2D eigenvalue weighted by Crippen LogP contribution is 2.54. The molecule has 2 N–H and O–H groups in total. The number of amides is 2. The van der Waals surface area contributed by atoms with Crippen LogP contribution in [0.25, 0.3) is 11.3 Å². The molecule has 1 atom stereocenters. The molecule has 174 valence electrons. The van der Waals surface area contributed by atoms with Crippen molar-refractivity contribution in [3.05, 3.63) is 78.2 Å². The molecule has 7 rings (SSSR count). The highest BCUT2D eigenvalue weighted by atomic mass is 16.2. The number of fused-ring (bicyclic) bond motifs is 6. The third kappa shape index (κ3) is 3.52. The van der Waals surface area contributed by atoms with Crippen LogP contribution in [0.15, 0.2) is 67.1 Å². The minimum absolute atomic E-state index is 0.0334. The molecule has 2 aromatic carbocycles. The van der Waals surface area contributed by atoms with Crippen LogP contribution in [0.1, 0.15) is 62.1 Å². The van der Waals surface area contributed by atoms with Crippen molar-refractivity contribution >= 4 is 11.8 Å². The number of urea groups is 1. The largest absolute Gasteiger partial charge is 0.334 e. The summed E-state index contributed by atoms with van der Waals surface area (Å²) in [5.41, 5.74) is 4.17. The molecule has 2 amide bonds. The lowest BCUT2D eigenvalue weighted by atomic mass is 9.55. The smallest absolute Gasteiger partial charge is 0.315 e. The molecule has 2 heterocycles. The second kappa shape index (κ2) is 8.12. The summed E-state index contributed by atoms with van der Waals surface area (Å²) >= 11 is 0. The van der Waals surface area contributed by atoms with E-state index in [0.29, 0.717) is 18.7 Å². The lowest BCUT2D eigenvalue weighted by molar-refractivity contribution is -0.136. The van der Waals surface area contributed by atoms with E-state index >= 15 is 0 Å². The maximum Gasteiger partial charge on any atom is 0.315 e. The van der Waals surface area contributed by atoms with Crippen molar-refractivity contribution < 1.29 is 9.59 Å². The first kappa shape index (κ1) is 21.1. The molecule has 6 heteroatoms. The molecule has 0 radical (unpaired) electrons. The summed E-state index contributed by atoms with van der Waals surface area (Å²) in [7, 11) is 0. The fourth-order valence-electron chi connectivity index (χ4n) is 6.39. The van der Waals surface area contributed by atoms with Crippen LogP contribution in [-0.2, 0) is 11.3 Å². The minimum Gasteiger partial charge on any atom is -0.334 e. The number of Topliss-reactive ketones (excluding diaryl/α,β-unsaturated/α-hetero) is 1. The van der Waals surface area contributed by atoms with E-state index < -0.39 is 0 Å². The van der Waals surface area contributed by atoms with Gasteiger partial charge in [-0.15, -0.1) is 0 Å². The van der Waals surface area contributed by atoms with Gasteiger partial charge in [0.15, 0.2) is 0 Å². The van der Waals surface area contributed by atoms with Gasteiger partial charge in [-0.2, -0.15) is 0 Å². The Kier molecular flexibility index (Phi) is 5.05. The molecule has 3 fully saturated rings. The normalized spacial score (nSPS) is 26.5. The van der Waals surface area contributed by atoms with Gasteiger partial charge in [0.05, 0.1) is 24.3 Å². The van der Waals surface area contributed by atoms with E-state index in [1.165, 1.54) is 11.1 Å². The van der Waals surface area contributed by atoms with Crippen molar-refractivity contribution in [2.45, 2.75) is 63.1 Å². The van der Waals surface area contributed by atoms with Crippen LogP contribution in [0.4, 0.5) is 4.79 Å². The van der Waals surface area contributed by atoms with Crippen molar-refractivity contribution in [2.75, 3.05) is 0 Å². The van der Waals surface area contributed by atoms with Gasteiger partial charge in [-0.3, -0.25) is 4.79 Å². The van der Waals surface area contributed by atoms with E-state index in [9.17, 15) is 9.59 Å². The van der Waals surface area contributed by atoms with Crippen LogP contribution in [0.3, 0.4) is 0 Å². The van der Waals surface area contributed by atoms with Gasteiger partial charge in [-0.05, 0) is 49.7 Å². The Morgan fingerprint density at radius 1 is 0.941 bits per heavy atom. The van der Waals surface area contributed by atoms with Gasteiger partial charge >= 0.3 is 6.03 Å². The number of rotatable bonds is 6. The number of aromatic nitrogens is 2. The van der Waals surface area contributed by atoms with Gasteiger partial charge in [0.1, 0.15) is 5.78 Å². The summed E-state index contributed by atoms with van der Waals surface area (Å²) < 4.78 is 2.16. The van der Waals surface area contributed by atoms with Crippen molar-refractivity contribution in [1.29, 1.82) is 0 Å². The summed E-state index contributed by atoms with van der Waals surface area (Å²) in [5, 5.41) is 6.26.